The molecule has 0 saturated carbocycles. The number of hydrogen-bond acceptors (Lipinski definition) is 2. The van der Waals surface area contributed by atoms with Crippen LogP contribution in [0.3, 0.4) is 0 Å². The van der Waals surface area contributed by atoms with Crippen molar-refractivity contribution < 1.29 is 4.79 Å². The average Bonchev–Trinajstić information content (AvgIpc) is 2.05. The molecule has 0 saturated heterocycles. The minimum Gasteiger partial charge on any atom is -0.302 e. The van der Waals surface area contributed by atoms with E-state index in [9.17, 15) is 4.79 Å². The standard InChI is InChI=1S/C10H13NO/c1-3-5-10(12)9-6-4-7-11(2)8-9/h1,6H,4-5,7-8H2,2H3. The lowest BCUT2D eigenvalue weighted by molar-refractivity contribution is -0.115. The fourth-order valence-electron chi connectivity index (χ4n) is 1.30. The van der Waals surface area contributed by atoms with Gasteiger partial charge in [0.2, 0.25) is 0 Å². The topological polar surface area (TPSA) is 20.3 Å². The third kappa shape index (κ3) is 2.21. The van der Waals surface area contributed by atoms with Gasteiger partial charge >= 0.3 is 0 Å². The third-order valence-corrected chi connectivity index (χ3v) is 1.96. The Balaban J connectivity index is 2.57. The van der Waals surface area contributed by atoms with Gasteiger partial charge in [0.05, 0.1) is 6.42 Å². The number of hydrogen-bond donors (Lipinski definition) is 0. The molecule has 0 aliphatic carbocycles. The number of carbonyl (C=O) groups excluding carboxylic acids is 1. The minimum absolute atomic E-state index is 0.101. The summed E-state index contributed by atoms with van der Waals surface area (Å²) in [4.78, 5) is 13.4. The van der Waals surface area contributed by atoms with E-state index >= 15 is 0 Å². The number of Topliss-reactive ketones (excluding diaryl/α,β-unsaturated/α-hetero) is 1. The van der Waals surface area contributed by atoms with E-state index in [4.69, 9.17) is 6.42 Å². The van der Waals surface area contributed by atoms with Crippen LogP contribution in [0.1, 0.15) is 12.8 Å². The van der Waals surface area contributed by atoms with E-state index < -0.39 is 0 Å². The molecule has 1 heterocycles. The van der Waals surface area contributed by atoms with Crippen LogP contribution in [-0.2, 0) is 4.79 Å². The molecule has 0 aromatic carbocycles. The highest BCUT2D eigenvalue weighted by molar-refractivity contribution is 5.97. The van der Waals surface area contributed by atoms with Gasteiger partial charge in [-0.2, -0.15) is 0 Å². The van der Waals surface area contributed by atoms with Crippen LogP contribution in [0.25, 0.3) is 0 Å². The summed E-state index contributed by atoms with van der Waals surface area (Å²) in [5.41, 5.74) is 0.877. The minimum atomic E-state index is 0.101. The second-order valence-electron chi connectivity index (χ2n) is 3.06. The number of rotatable bonds is 2. The van der Waals surface area contributed by atoms with E-state index in [2.05, 4.69) is 10.8 Å². The van der Waals surface area contributed by atoms with E-state index in [0.29, 0.717) is 0 Å². The molecule has 2 heteroatoms. The Hall–Kier alpha value is -1.07. The number of carbonyl (C=O) groups is 1. The van der Waals surface area contributed by atoms with Crippen molar-refractivity contribution in [1.29, 1.82) is 0 Å². The number of nitrogens with zero attached hydrogens (tertiary/aromatic N) is 1. The highest BCUT2D eigenvalue weighted by atomic mass is 16.1. The van der Waals surface area contributed by atoms with Gasteiger partial charge in [0.25, 0.3) is 0 Å². The number of likely N-dealkylation sites (N-methyl/N-ethyl adjacent to an activating group) is 1. The third-order valence-electron chi connectivity index (χ3n) is 1.96. The van der Waals surface area contributed by atoms with Gasteiger partial charge in [0, 0.05) is 18.7 Å². The lowest BCUT2D eigenvalue weighted by atomic mass is 10.0. The van der Waals surface area contributed by atoms with Gasteiger partial charge in [-0.3, -0.25) is 4.79 Å². The number of ketones is 1. The lowest BCUT2D eigenvalue weighted by Gasteiger charge is -2.21. The SMILES string of the molecule is C#CCC(=O)C1=CCCN(C)C1. The first-order chi connectivity index (χ1) is 5.74. The Morgan fingerprint density at radius 3 is 3.17 bits per heavy atom. The van der Waals surface area contributed by atoms with Gasteiger partial charge in [-0.05, 0) is 13.5 Å². The summed E-state index contributed by atoms with van der Waals surface area (Å²) < 4.78 is 0. The fraction of sp³-hybridized carbons (Fsp3) is 0.500. The van der Waals surface area contributed by atoms with E-state index in [1.165, 1.54) is 0 Å². The van der Waals surface area contributed by atoms with Crippen LogP contribution in [-0.4, -0.2) is 30.8 Å². The summed E-state index contributed by atoms with van der Waals surface area (Å²) in [6.07, 6.45) is 8.26. The van der Waals surface area contributed by atoms with Crippen LogP contribution in [0.2, 0.25) is 0 Å². The summed E-state index contributed by atoms with van der Waals surface area (Å²) in [7, 11) is 2.01. The summed E-state index contributed by atoms with van der Waals surface area (Å²) in [5, 5.41) is 0. The van der Waals surface area contributed by atoms with Crippen molar-refractivity contribution in [2.75, 3.05) is 20.1 Å². The fourth-order valence-corrected chi connectivity index (χ4v) is 1.30. The maximum atomic E-state index is 11.3. The van der Waals surface area contributed by atoms with E-state index in [0.717, 1.165) is 25.1 Å². The first-order valence-electron chi connectivity index (χ1n) is 4.08. The highest BCUT2D eigenvalue weighted by Crippen LogP contribution is 2.09. The molecule has 1 aliphatic rings. The van der Waals surface area contributed by atoms with Gasteiger partial charge in [0.1, 0.15) is 0 Å². The van der Waals surface area contributed by atoms with Crippen LogP contribution in [0.5, 0.6) is 0 Å². The van der Waals surface area contributed by atoms with Crippen molar-refractivity contribution >= 4 is 5.78 Å². The maximum absolute atomic E-state index is 11.3. The molecule has 0 bridgehead atoms. The second-order valence-corrected chi connectivity index (χ2v) is 3.06. The quantitative estimate of drug-likeness (QED) is 0.562. The molecule has 1 aliphatic heterocycles. The molecule has 0 atom stereocenters. The molecule has 0 radical (unpaired) electrons. The zero-order valence-corrected chi connectivity index (χ0v) is 7.34. The molecule has 64 valence electrons. The first-order valence-corrected chi connectivity index (χ1v) is 4.08. The summed E-state index contributed by atoms with van der Waals surface area (Å²) in [5.74, 6) is 2.47. The Morgan fingerprint density at radius 2 is 2.58 bits per heavy atom. The lowest BCUT2D eigenvalue weighted by Crippen LogP contribution is -2.28. The van der Waals surface area contributed by atoms with Crippen molar-refractivity contribution in [3.05, 3.63) is 11.6 Å². The molecule has 12 heavy (non-hydrogen) atoms. The largest absolute Gasteiger partial charge is 0.302 e. The first kappa shape index (κ1) is 9.02. The van der Waals surface area contributed by atoms with E-state index in [1.54, 1.807) is 0 Å². The molecule has 0 N–H and O–H groups in total. The molecule has 2 nitrogen and oxygen atoms in total. The molecule has 0 spiro atoms. The second kappa shape index (κ2) is 4.08. The van der Waals surface area contributed by atoms with Crippen molar-refractivity contribution in [3.63, 3.8) is 0 Å². The normalized spacial score (nSPS) is 18.2. The van der Waals surface area contributed by atoms with Crippen LogP contribution in [0.4, 0.5) is 0 Å². The molecule has 0 fully saturated rings. The van der Waals surface area contributed by atoms with Gasteiger partial charge < -0.3 is 4.90 Å². The van der Waals surface area contributed by atoms with Crippen molar-refractivity contribution in [3.8, 4) is 12.3 Å². The van der Waals surface area contributed by atoms with E-state index in [1.807, 2.05) is 13.1 Å². The Labute approximate surface area is 73.2 Å². The smallest absolute Gasteiger partial charge is 0.171 e. The Bertz CT molecular complexity index is 247. The van der Waals surface area contributed by atoms with Crippen LogP contribution >= 0.6 is 0 Å². The van der Waals surface area contributed by atoms with Crippen LogP contribution in [0, 0.1) is 12.3 Å². The summed E-state index contributed by atoms with van der Waals surface area (Å²) in [6, 6.07) is 0. The van der Waals surface area contributed by atoms with E-state index in [-0.39, 0.29) is 12.2 Å². The van der Waals surface area contributed by atoms with Crippen LogP contribution in [0.15, 0.2) is 11.6 Å². The Kier molecular flexibility index (Phi) is 3.07. The van der Waals surface area contributed by atoms with Gasteiger partial charge in [-0.25, -0.2) is 0 Å². The molecular weight excluding hydrogens is 150 g/mol. The molecule has 0 aromatic heterocycles. The molecule has 0 unspecified atom stereocenters. The monoisotopic (exact) mass is 163 g/mol. The number of terminal acetylenes is 1. The van der Waals surface area contributed by atoms with Crippen molar-refractivity contribution in [1.82, 2.24) is 4.90 Å². The van der Waals surface area contributed by atoms with Crippen molar-refractivity contribution in [2.45, 2.75) is 12.8 Å². The predicted molar refractivity (Wildman–Crippen MR) is 48.7 cm³/mol. The zero-order chi connectivity index (χ0) is 8.97. The molecule has 0 amide bonds. The van der Waals surface area contributed by atoms with Gasteiger partial charge in [0.15, 0.2) is 5.78 Å². The summed E-state index contributed by atoms with van der Waals surface area (Å²) >= 11 is 0. The average molecular weight is 163 g/mol. The van der Waals surface area contributed by atoms with Crippen molar-refractivity contribution in [2.24, 2.45) is 0 Å². The molecule has 1 rings (SSSR count). The zero-order valence-electron chi connectivity index (χ0n) is 7.34. The predicted octanol–water partition coefficient (Wildman–Crippen LogP) is 0.841. The summed E-state index contributed by atoms with van der Waals surface area (Å²) in [6.45, 7) is 1.79. The van der Waals surface area contributed by atoms with Crippen LogP contribution < -0.4 is 0 Å². The Morgan fingerprint density at radius 1 is 1.83 bits per heavy atom. The van der Waals surface area contributed by atoms with Gasteiger partial charge in [-0.1, -0.05) is 12.0 Å². The highest BCUT2D eigenvalue weighted by Gasteiger charge is 2.13. The molecule has 0 aromatic rings. The maximum Gasteiger partial charge on any atom is 0.171 e. The van der Waals surface area contributed by atoms with Gasteiger partial charge in [-0.15, -0.1) is 6.42 Å². The molecular formula is C10H13NO.